The first-order valence-corrected chi connectivity index (χ1v) is 14.7. The van der Waals surface area contributed by atoms with Crippen LogP contribution in [-0.4, -0.2) is 132 Å². The minimum Gasteiger partial charge on any atom is -0.480 e. The molecule has 5 atom stereocenters. The van der Waals surface area contributed by atoms with E-state index in [4.69, 9.17) is 17.2 Å². The number of aliphatic carboxylic acids is 1. The zero-order valence-corrected chi connectivity index (χ0v) is 24.2. The van der Waals surface area contributed by atoms with Crippen molar-refractivity contribution in [1.82, 2.24) is 26.2 Å². The molecule has 20 nitrogen and oxygen atoms in total. The van der Waals surface area contributed by atoms with E-state index in [-0.39, 0.29) is 38.3 Å². The normalized spacial score (nSPS) is 17.5. The van der Waals surface area contributed by atoms with Crippen molar-refractivity contribution in [3.8, 4) is 0 Å². The van der Waals surface area contributed by atoms with Crippen LogP contribution >= 0.6 is 0 Å². The molecule has 1 fully saturated rings. The number of hydrogen-bond donors (Lipinski definition) is 10. The van der Waals surface area contributed by atoms with Crippen molar-refractivity contribution in [1.29, 1.82) is 0 Å². The van der Waals surface area contributed by atoms with E-state index in [2.05, 4.69) is 20.9 Å². The second kappa shape index (κ2) is 17.1. The molecular formula is C22H39N9O11S. The predicted molar refractivity (Wildman–Crippen MR) is 148 cm³/mol. The Labute approximate surface area is 246 Å². The van der Waals surface area contributed by atoms with E-state index in [1.165, 1.54) is 0 Å². The first-order valence-electron chi connectivity index (χ1n) is 13.1. The molecule has 43 heavy (non-hydrogen) atoms. The first kappa shape index (κ1) is 36.9. The lowest BCUT2D eigenvalue weighted by atomic mass is 10.1. The van der Waals surface area contributed by atoms with Crippen molar-refractivity contribution < 1.29 is 52.0 Å². The van der Waals surface area contributed by atoms with Crippen molar-refractivity contribution in [3.05, 3.63) is 0 Å². The fraction of sp³-hybridized carbons (Fsp3) is 0.682. The minimum absolute atomic E-state index is 0.0286. The van der Waals surface area contributed by atoms with Gasteiger partial charge in [-0.1, -0.05) is 0 Å². The van der Waals surface area contributed by atoms with Crippen molar-refractivity contribution in [3.63, 3.8) is 0 Å². The second-order valence-electron chi connectivity index (χ2n) is 9.61. The molecule has 0 aromatic heterocycles. The molecule has 0 aliphatic carbocycles. The highest BCUT2D eigenvalue weighted by Gasteiger charge is 2.40. The standard InChI is InChI=1S/C22H39N9O11S/c1-11(32)17(20(37)31-7-3-5-14(31)21(38)39)30-19(36)13(10-43(40,41)42)29-16(34)9-27-18(35)12(28-15(33)8-23)4-2-6-26-22(24)25/h11-14,17,32H,2-10,23H2,1H3,(H,27,35)(H,28,33)(H,29,34)(H,30,36)(H,38,39)(H4,24,25,26)(H,40,41,42). The van der Waals surface area contributed by atoms with Crippen LogP contribution in [0.3, 0.4) is 0 Å². The molecule has 1 saturated heterocycles. The van der Waals surface area contributed by atoms with Gasteiger partial charge in [0, 0.05) is 13.1 Å². The van der Waals surface area contributed by atoms with Gasteiger partial charge >= 0.3 is 5.97 Å². The summed E-state index contributed by atoms with van der Waals surface area (Å²) in [7, 11) is -4.89. The predicted octanol–water partition coefficient (Wildman–Crippen LogP) is -6.09. The highest BCUT2D eigenvalue weighted by molar-refractivity contribution is 7.85. The molecular weight excluding hydrogens is 598 g/mol. The molecule has 0 aromatic rings. The minimum atomic E-state index is -4.89. The number of amides is 5. The van der Waals surface area contributed by atoms with E-state index in [1.54, 1.807) is 0 Å². The van der Waals surface area contributed by atoms with Gasteiger partial charge in [0.15, 0.2) is 5.96 Å². The van der Waals surface area contributed by atoms with Gasteiger partial charge in [0.1, 0.15) is 29.9 Å². The summed E-state index contributed by atoms with van der Waals surface area (Å²) in [6.07, 6.45) is -0.790. The molecule has 1 aliphatic heterocycles. The van der Waals surface area contributed by atoms with Gasteiger partial charge < -0.3 is 53.6 Å². The molecule has 0 saturated carbocycles. The number of aliphatic hydroxyl groups excluding tert-OH is 1. The van der Waals surface area contributed by atoms with Crippen molar-refractivity contribution >= 4 is 51.6 Å². The summed E-state index contributed by atoms with van der Waals surface area (Å²) in [5.41, 5.74) is 15.7. The number of carboxylic acid groups (broad SMARTS) is 1. The van der Waals surface area contributed by atoms with E-state index in [0.717, 1.165) is 11.8 Å². The largest absolute Gasteiger partial charge is 0.480 e. The summed E-state index contributed by atoms with van der Waals surface area (Å²) in [6.45, 7) is 0.0276. The van der Waals surface area contributed by atoms with Crippen molar-refractivity contribution in [2.24, 2.45) is 22.2 Å². The SMILES string of the molecule is CC(O)C(NC(=O)C(CS(=O)(=O)O)NC(=O)CNC(=O)C(CCCN=C(N)N)NC(=O)CN)C(=O)N1CCCC1C(=O)O. The second-order valence-corrected chi connectivity index (χ2v) is 11.1. The van der Waals surface area contributed by atoms with Crippen LogP contribution in [0, 0.1) is 0 Å². The zero-order valence-electron chi connectivity index (χ0n) is 23.4. The summed E-state index contributed by atoms with van der Waals surface area (Å²) < 4.78 is 32.4. The van der Waals surface area contributed by atoms with E-state index in [0.29, 0.717) is 6.42 Å². The number of aliphatic imine (C=N–C) groups is 1. The third-order valence-corrected chi connectivity index (χ3v) is 6.86. The van der Waals surface area contributed by atoms with Gasteiger partial charge in [0.05, 0.1) is 19.2 Å². The van der Waals surface area contributed by atoms with Gasteiger partial charge in [-0.2, -0.15) is 8.42 Å². The average Bonchev–Trinajstić information content (AvgIpc) is 3.40. The summed E-state index contributed by atoms with van der Waals surface area (Å²) in [6, 6.07) is -6.09. The number of hydrogen-bond acceptors (Lipinski definition) is 11. The number of nitrogens with two attached hydrogens (primary N) is 3. The Bertz CT molecular complexity index is 1180. The smallest absolute Gasteiger partial charge is 0.326 e. The van der Waals surface area contributed by atoms with E-state index < -0.39 is 94.7 Å². The van der Waals surface area contributed by atoms with Crippen molar-refractivity contribution in [2.45, 2.75) is 62.9 Å². The van der Waals surface area contributed by atoms with Crippen molar-refractivity contribution in [2.75, 3.05) is 31.9 Å². The van der Waals surface area contributed by atoms with Crippen LogP contribution in [0.5, 0.6) is 0 Å². The zero-order chi connectivity index (χ0) is 32.9. The lowest BCUT2D eigenvalue weighted by molar-refractivity contribution is -0.150. The fourth-order valence-corrected chi connectivity index (χ4v) is 4.72. The number of carboxylic acids is 1. The van der Waals surface area contributed by atoms with Crippen LogP contribution in [-0.2, 0) is 38.9 Å². The third-order valence-electron chi connectivity index (χ3n) is 6.10. The highest BCUT2D eigenvalue weighted by atomic mass is 32.2. The molecule has 5 amide bonds. The van der Waals surface area contributed by atoms with Crippen LogP contribution in [0.4, 0.5) is 0 Å². The van der Waals surface area contributed by atoms with Crippen LogP contribution in [0.2, 0.25) is 0 Å². The lowest BCUT2D eigenvalue weighted by Crippen LogP contribution is -2.60. The molecule has 1 heterocycles. The summed E-state index contributed by atoms with van der Waals surface area (Å²) in [5.74, 6) is -7.71. The number of aliphatic hydroxyl groups is 1. The van der Waals surface area contributed by atoms with Gasteiger partial charge in [-0.3, -0.25) is 33.5 Å². The van der Waals surface area contributed by atoms with E-state index in [1.807, 2.05) is 5.32 Å². The Kier molecular flexibility index (Phi) is 14.7. The molecule has 13 N–H and O–H groups in total. The van der Waals surface area contributed by atoms with E-state index in [9.17, 15) is 52.0 Å². The Morgan fingerprint density at radius 2 is 1.65 bits per heavy atom. The summed E-state index contributed by atoms with van der Waals surface area (Å²) >= 11 is 0. The molecule has 1 aliphatic rings. The molecule has 21 heteroatoms. The Morgan fingerprint density at radius 1 is 1.02 bits per heavy atom. The average molecular weight is 638 g/mol. The quantitative estimate of drug-likeness (QED) is 0.0307. The number of carbonyl (C=O) groups excluding carboxylic acids is 5. The molecule has 5 unspecified atom stereocenters. The molecule has 244 valence electrons. The number of guanidine groups is 1. The maximum atomic E-state index is 13.0. The number of carbonyl (C=O) groups is 6. The van der Waals surface area contributed by atoms with Gasteiger partial charge in [0.25, 0.3) is 10.1 Å². The lowest BCUT2D eigenvalue weighted by Gasteiger charge is -2.30. The van der Waals surface area contributed by atoms with Crippen LogP contribution in [0.25, 0.3) is 0 Å². The van der Waals surface area contributed by atoms with Gasteiger partial charge in [-0.05, 0) is 32.6 Å². The number of nitrogens with zero attached hydrogens (tertiary/aromatic N) is 2. The maximum Gasteiger partial charge on any atom is 0.326 e. The molecule has 1 rings (SSSR count). The Hall–Kier alpha value is -4.08. The molecule has 0 bridgehead atoms. The number of nitrogens with one attached hydrogen (secondary N) is 4. The number of rotatable bonds is 17. The van der Waals surface area contributed by atoms with Gasteiger partial charge in [0.2, 0.25) is 29.5 Å². The maximum absolute atomic E-state index is 13.0. The summed E-state index contributed by atoms with van der Waals surface area (Å²) in [4.78, 5) is 78.9. The van der Waals surface area contributed by atoms with Gasteiger partial charge in [-0.15, -0.1) is 0 Å². The third kappa shape index (κ3) is 13.2. The summed E-state index contributed by atoms with van der Waals surface area (Å²) in [5, 5.41) is 28.1. The topological polar surface area (TPSA) is 339 Å². The molecule has 0 spiro atoms. The fourth-order valence-electron chi connectivity index (χ4n) is 4.06. The first-order chi connectivity index (χ1) is 20.0. The highest BCUT2D eigenvalue weighted by Crippen LogP contribution is 2.19. The van der Waals surface area contributed by atoms with Crippen LogP contribution in [0.1, 0.15) is 32.6 Å². The monoisotopic (exact) mass is 637 g/mol. The van der Waals surface area contributed by atoms with Crippen LogP contribution < -0.4 is 38.5 Å². The number of likely N-dealkylation sites (tertiary alicyclic amines) is 1. The van der Waals surface area contributed by atoms with Gasteiger partial charge in [-0.25, -0.2) is 4.79 Å². The Morgan fingerprint density at radius 3 is 2.19 bits per heavy atom. The van der Waals surface area contributed by atoms with Crippen LogP contribution in [0.15, 0.2) is 4.99 Å². The van der Waals surface area contributed by atoms with E-state index >= 15 is 0 Å². The Balaban J connectivity index is 2.96. The molecule has 0 aromatic carbocycles. The molecule has 0 radical (unpaired) electrons.